The molecule has 1 aromatic heterocycles. The quantitative estimate of drug-likeness (QED) is 0.599. The maximum absolute atomic E-state index is 14.2. The van der Waals surface area contributed by atoms with Crippen LogP contribution < -0.4 is 9.64 Å². The summed E-state index contributed by atoms with van der Waals surface area (Å²) in [6.07, 6.45) is 7.71. The number of hydrogen-bond donors (Lipinski definition) is 0. The van der Waals surface area contributed by atoms with Gasteiger partial charge in [-0.05, 0) is 62.6 Å². The van der Waals surface area contributed by atoms with Gasteiger partial charge in [-0.25, -0.2) is 12.8 Å². The molecule has 0 unspecified atom stereocenters. The Morgan fingerprint density at radius 2 is 1.82 bits per heavy atom. The molecular weight excluding hydrogens is 447 g/mol. The van der Waals surface area contributed by atoms with Crippen LogP contribution in [0, 0.1) is 11.7 Å². The molecule has 33 heavy (non-hydrogen) atoms. The fraction of sp³-hybridized carbons (Fsp3) is 0.652. The zero-order chi connectivity index (χ0) is 23.0. The number of nitrogens with zero attached hydrogens (tertiary/aromatic N) is 4. The van der Waals surface area contributed by atoms with Crippen LogP contribution in [-0.2, 0) is 9.84 Å². The van der Waals surface area contributed by atoms with Crippen molar-refractivity contribution in [2.75, 3.05) is 43.9 Å². The van der Waals surface area contributed by atoms with E-state index in [4.69, 9.17) is 9.26 Å². The van der Waals surface area contributed by atoms with E-state index in [-0.39, 0.29) is 10.6 Å². The average molecular weight is 479 g/mol. The monoisotopic (exact) mass is 478 g/mol. The van der Waals surface area contributed by atoms with Gasteiger partial charge < -0.3 is 14.2 Å². The predicted octanol–water partition coefficient (Wildman–Crippen LogP) is 3.25. The van der Waals surface area contributed by atoms with Crippen molar-refractivity contribution in [3.05, 3.63) is 29.8 Å². The molecule has 0 N–H and O–H groups in total. The largest absolute Gasteiger partial charge is 0.490 e. The van der Waals surface area contributed by atoms with Gasteiger partial charge in [0.05, 0.1) is 11.5 Å². The second kappa shape index (κ2) is 9.21. The minimum absolute atomic E-state index is 0.0320. The van der Waals surface area contributed by atoms with Gasteiger partial charge in [-0.15, -0.1) is 0 Å². The van der Waals surface area contributed by atoms with Crippen molar-refractivity contribution in [3.63, 3.8) is 0 Å². The maximum Gasteiger partial charge on any atom is 0.324 e. The predicted molar refractivity (Wildman–Crippen MR) is 121 cm³/mol. The highest BCUT2D eigenvalue weighted by Crippen LogP contribution is 2.39. The second-order valence-corrected chi connectivity index (χ2v) is 11.6. The SMILES string of the molecule is CS(=O)(=O)c1ccc(OCC2CCC(N3CCN(c4nc(C5CC5)no4)CC3)CC2)c(F)c1. The Morgan fingerprint density at radius 1 is 1.09 bits per heavy atom. The zero-order valence-corrected chi connectivity index (χ0v) is 19.8. The fourth-order valence-corrected chi connectivity index (χ4v) is 5.49. The molecule has 8 nitrogen and oxygen atoms in total. The Bertz CT molecular complexity index is 1070. The molecule has 5 rings (SSSR count). The average Bonchev–Trinajstić information content (AvgIpc) is 3.54. The molecule has 2 aliphatic carbocycles. The van der Waals surface area contributed by atoms with Gasteiger partial charge in [-0.1, -0.05) is 5.16 Å². The van der Waals surface area contributed by atoms with Crippen molar-refractivity contribution in [2.24, 2.45) is 5.92 Å². The molecule has 0 radical (unpaired) electrons. The first-order valence-electron chi connectivity index (χ1n) is 11.8. The highest BCUT2D eigenvalue weighted by Gasteiger charge is 2.32. The van der Waals surface area contributed by atoms with Crippen LogP contribution in [0.1, 0.15) is 50.3 Å². The van der Waals surface area contributed by atoms with Crippen molar-refractivity contribution < 1.29 is 22.1 Å². The third-order valence-electron chi connectivity index (χ3n) is 7.10. The number of halogens is 1. The number of aromatic nitrogens is 2. The summed E-state index contributed by atoms with van der Waals surface area (Å²) in [5.41, 5.74) is 0. The fourth-order valence-electron chi connectivity index (χ4n) is 4.85. The standard InChI is InChI=1S/C23H31FN4O4S/c1-33(29,30)19-8-9-21(20(24)14-19)31-15-16-2-6-18(7-3-16)27-10-12-28(13-11-27)23-25-22(26-32-23)17-4-5-17/h8-9,14,16-18H,2-7,10-13,15H2,1H3. The molecule has 1 saturated heterocycles. The number of anilines is 1. The normalized spacial score (nSPS) is 24.7. The highest BCUT2D eigenvalue weighted by atomic mass is 32.2. The smallest absolute Gasteiger partial charge is 0.324 e. The summed E-state index contributed by atoms with van der Waals surface area (Å²) < 4.78 is 48.5. The van der Waals surface area contributed by atoms with E-state index in [1.807, 2.05) is 0 Å². The lowest BCUT2D eigenvalue weighted by molar-refractivity contribution is 0.109. The van der Waals surface area contributed by atoms with Crippen molar-refractivity contribution in [2.45, 2.75) is 55.4 Å². The minimum Gasteiger partial charge on any atom is -0.490 e. The summed E-state index contributed by atoms with van der Waals surface area (Å²) >= 11 is 0. The molecule has 1 aliphatic heterocycles. The van der Waals surface area contributed by atoms with Gasteiger partial charge in [0.25, 0.3) is 0 Å². The molecular formula is C23H31FN4O4S. The zero-order valence-electron chi connectivity index (χ0n) is 19.0. The summed E-state index contributed by atoms with van der Waals surface area (Å²) in [5, 5.41) is 4.13. The Balaban J connectivity index is 1.06. The van der Waals surface area contributed by atoms with Crippen molar-refractivity contribution in [3.8, 4) is 5.75 Å². The number of piperazine rings is 1. The van der Waals surface area contributed by atoms with Gasteiger partial charge in [-0.2, -0.15) is 4.98 Å². The van der Waals surface area contributed by atoms with E-state index in [9.17, 15) is 12.8 Å². The van der Waals surface area contributed by atoms with E-state index in [0.29, 0.717) is 30.5 Å². The van der Waals surface area contributed by atoms with Crippen molar-refractivity contribution >= 4 is 15.9 Å². The summed E-state index contributed by atoms with van der Waals surface area (Å²) in [6.45, 7) is 4.24. The molecule has 3 fully saturated rings. The molecule has 0 amide bonds. The van der Waals surface area contributed by atoms with Crippen molar-refractivity contribution in [1.82, 2.24) is 15.0 Å². The van der Waals surface area contributed by atoms with Crippen LogP contribution >= 0.6 is 0 Å². The molecule has 0 spiro atoms. The first-order chi connectivity index (χ1) is 15.9. The van der Waals surface area contributed by atoms with E-state index in [1.165, 1.54) is 25.0 Å². The Kier molecular flexibility index (Phi) is 6.30. The lowest BCUT2D eigenvalue weighted by Crippen LogP contribution is -2.51. The number of sulfone groups is 1. The summed E-state index contributed by atoms with van der Waals surface area (Å²) in [5.74, 6) is 1.24. The third-order valence-corrected chi connectivity index (χ3v) is 8.21. The first kappa shape index (κ1) is 22.6. The van der Waals surface area contributed by atoms with Crippen LogP contribution in [-0.4, -0.2) is 68.5 Å². The Labute approximate surface area is 194 Å². The second-order valence-electron chi connectivity index (χ2n) is 9.58. The lowest BCUT2D eigenvalue weighted by Gasteiger charge is -2.41. The minimum atomic E-state index is -3.43. The van der Waals surface area contributed by atoms with Gasteiger partial charge >= 0.3 is 6.01 Å². The molecule has 10 heteroatoms. The number of benzene rings is 1. The van der Waals surface area contributed by atoms with Crippen LogP contribution in [0.4, 0.5) is 10.4 Å². The van der Waals surface area contributed by atoms with E-state index in [1.54, 1.807) is 0 Å². The Hall–Kier alpha value is -2.20. The Morgan fingerprint density at radius 3 is 2.45 bits per heavy atom. The van der Waals surface area contributed by atoms with E-state index < -0.39 is 15.7 Å². The molecule has 3 aliphatic rings. The van der Waals surface area contributed by atoms with Gasteiger partial charge in [0.15, 0.2) is 27.2 Å². The number of ether oxygens (including phenoxy) is 1. The van der Waals surface area contributed by atoms with Gasteiger partial charge in [0.2, 0.25) is 0 Å². The molecule has 2 aromatic rings. The summed E-state index contributed by atoms with van der Waals surface area (Å²) in [6, 6.07) is 5.06. The van der Waals surface area contributed by atoms with Crippen molar-refractivity contribution in [1.29, 1.82) is 0 Å². The molecule has 2 heterocycles. The van der Waals surface area contributed by atoms with Crippen LogP contribution in [0.3, 0.4) is 0 Å². The van der Waals surface area contributed by atoms with E-state index in [0.717, 1.165) is 70.0 Å². The van der Waals surface area contributed by atoms with Crippen LogP contribution in [0.15, 0.2) is 27.6 Å². The van der Waals surface area contributed by atoms with Crippen LogP contribution in [0.5, 0.6) is 5.75 Å². The highest BCUT2D eigenvalue weighted by molar-refractivity contribution is 7.90. The molecule has 0 atom stereocenters. The maximum atomic E-state index is 14.2. The van der Waals surface area contributed by atoms with E-state index >= 15 is 0 Å². The van der Waals surface area contributed by atoms with Gasteiger partial charge in [0, 0.05) is 44.4 Å². The topological polar surface area (TPSA) is 88.8 Å². The van der Waals surface area contributed by atoms with Crippen LogP contribution in [0.2, 0.25) is 0 Å². The van der Waals surface area contributed by atoms with Crippen LogP contribution in [0.25, 0.3) is 0 Å². The number of rotatable bonds is 7. The molecule has 2 saturated carbocycles. The lowest BCUT2D eigenvalue weighted by atomic mass is 9.85. The third kappa shape index (κ3) is 5.32. The number of hydrogen-bond acceptors (Lipinski definition) is 8. The summed E-state index contributed by atoms with van der Waals surface area (Å²) in [7, 11) is -3.43. The first-order valence-corrected chi connectivity index (χ1v) is 13.7. The summed E-state index contributed by atoms with van der Waals surface area (Å²) in [4.78, 5) is 9.30. The van der Waals surface area contributed by atoms with Gasteiger partial charge in [-0.3, -0.25) is 4.90 Å². The molecule has 1 aromatic carbocycles. The van der Waals surface area contributed by atoms with E-state index in [2.05, 4.69) is 19.9 Å². The molecule has 0 bridgehead atoms. The molecule has 180 valence electrons. The van der Waals surface area contributed by atoms with Gasteiger partial charge in [0.1, 0.15) is 0 Å².